The standard InChI is InChI=1S/C25H33Cl2N3O5S/c1-7-22(24(32)28-25(2,3)4)29(15-19-20(26)9-8-10-21(19)27)23(31)16-30(36(6,33)34)17-11-13-18(35-5)14-12-17/h8-14,22H,7,15-16H2,1-6H3,(H,28,32)/t22-/m1/s1. The normalized spacial score (nSPS) is 12.6. The molecule has 8 nitrogen and oxygen atoms in total. The highest BCUT2D eigenvalue weighted by molar-refractivity contribution is 7.92. The van der Waals surface area contributed by atoms with E-state index in [9.17, 15) is 18.0 Å². The number of benzene rings is 2. The summed E-state index contributed by atoms with van der Waals surface area (Å²) >= 11 is 12.7. The molecule has 36 heavy (non-hydrogen) atoms. The van der Waals surface area contributed by atoms with Crippen LogP contribution in [-0.2, 0) is 26.2 Å². The molecule has 0 aliphatic heterocycles. The first-order chi connectivity index (χ1) is 16.7. The minimum atomic E-state index is -3.84. The van der Waals surface area contributed by atoms with Crippen LogP contribution in [0.1, 0.15) is 39.7 Å². The van der Waals surface area contributed by atoms with E-state index in [0.29, 0.717) is 21.4 Å². The number of halogens is 2. The number of ether oxygens (including phenoxy) is 1. The summed E-state index contributed by atoms with van der Waals surface area (Å²) in [6.07, 6.45) is 1.31. The largest absolute Gasteiger partial charge is 0.497 e. The average molecular weight is 559 g/mol. The molecule has 1 atom stereocenters. The van der Waals surface area contributed by atoms with Gasteiger partial charge in [0.25, 0.3) is 0 Å². The van der Waals surface area contributed by atoms with Gasteiger partial charge in [0, 0.05) is 27.7 Å². The molecule has 0 unspecified atom stereocenters. The molecule has 0 saturated carbocycles. The average Bonchev–Trinajstić information content (AvgIpc) is 2.77. The summed E-state index contributed by atoms with van der Waals surface area (Å²) in [7, 11) is -2.35. The summed E-state index contributed by atoms with van der Waals surface area (Å²) in [5.74, 6) is -0.404. The molecule has 2 aromatic carbocycles. The first kappa shape index (κ1) is 29.7. The molecular formula is C25H33Cl2N3O5S. The number of anilines is 1. The van der Waals surface area contributed by atoms with Crippen molar-refractivity contribution in [1.29, 1.82) is 0 Å². The third-order valence-corrected chi connectivity index (χ3v) is 7.16. The zero-order valence-electron chi connectivity index (χ0n) is 21.3. The fourth-order valence-corrected chi connectivity index (χ4v) is 4.95. The van der Waals surface area contributed by atoms with Gasteiger partial charge in [0.1, 0.15) is 18.3 Å². The number of sulfonamides is 1. The van der Waals surface area contributed by atoms with Crippen LogP contribution < -0.4 is 14.4 Å². The lowest BCUT2D eigenvalue weighted by molar-refractivity contribution is -0.141. The molecular weight excluding hydrogens is 525 g/mol. The Hall–Kier alpha value is -2.49. The van der Waals surface area contributed by atoms with Crippen LogP contribution in [0.5, 0.6) is 5.75 Å². The van der Waals surface area contributed by atoms with Gasteiger partial charge in [-0.1, -0.05) is 36.2 Å². The van der Waals surface area contributed by atoms with Crippen molar-refractivity contribution in [1.82, 2.24) is 10.2 Å². The molecule has 1 N–H and O–H groups in total. The lowest BCUT2D eigenvalue weighted by Gasteiger charge is -2.34. The third-order valence-electron chi connectivity index (χ3n) is 5.31. The van der Waals surface area contributed by atoms with Crippen molar-refractivity contribution < 1.29 is 22.7 Å². The van der Waals surface area contributed by atoms with E-state index in [0.717, 1.165) is 10.6 Å². The molecule has 2 amide bonds. The summed E-state index contributed by atoms with van der Waals surface area (Å²) in [5, 5.41) is 3.57. The van der Waals surface area contributed by atoms with Crippen LogP contribution in [0.15, 0.2) is 42.5 Å². The highest BCUT2D eigenvalue weighted by Gasteiger charge is 2.33. The van der Waals surface area contributed by atoms with Crippen molar-refractivity contribution in [3.05, 3.63) is 58.1 Å². The van der Waals surface area contributed by atoms with E-state index in [1.807, 2.05) is 20.8 Å². The summed E-state index contributed by atoms with van der Waals surface area (Å²) in [5.41, 5.74) is 0.212. The summed E-state index contributed by atoms with van der Waals surface area (Å²) in [4.78, 5) is 28.3. The Labute approximate surface area is 223 Å². The van der Waals surface area contributed by atoms with Crippen LogP contribution in [0.3, 0.4) is 0 Å². The van der Waals surface area contributed by atoms with Gasteiger partial charge in [0.05, 0.1) is 19.1 Å². The maximum absolute atomic E-state index is 13.7. The van der Waals surface area contributed by atoms with Crippen LogP contribution in [0.4, 0.5) is 5.69 Å². The van der Waals surface area contributed by atoms with Crippen LogP contribution in [0.25, 0.3) is 0 Å². The maximum Gasteiger partial charge on any atom is 0.244 e. The number of hydrogen-bond acceptors (Lipinski definition) is 5. The Kier molecular flexibility index (Phi) is 10.0. The van der Waals surface area contributed by atoms with Crippen LogP contribution in [0, 0.1) is 0 Å². The van der Waals surface area contributed by atoms with Gasteiger partial charge in [-0.3, -0.25) is 13.9 Å². The van der Waals surface area contributed by atoms with Crippen molar-refractivity contribution in [2.24, 2.45) is 0 Å². The summed E-state index contributed by atoms with van der Waals surface area (Å²) in [6.45, 7) is 6.69. The van der Waals surface area contributed by atoms with E-state index in [4.69, 9.17) is 27.9 Å². The quantitative estimate of drug-likeness (QED) is 0.464. The van der Waals surface area contributed by atoms with E-state index >= 15 is 0 Å². The number of rotatable bonds is 10. The van der Waals surface area contributed by atoms with E-state index < -0.39 is 34.1 Å². The third kappa shape index (κ3) is 8.01. The second-order valence-corrected chi connectivity index (χ2v) is 12.1. The van der Waals surface area contributed by atoms with Gasteiger partial charge in [0.2, 0.25) is 21.8 Å². The number of nitrogens with one attached hydrogen (secondary N) is 1. The van der Waals surface area contributed by atoms with Gasteiger partial charge in [-0.15, -0.1) is 0 Å². The molecule has 2 rings (SSSR count). The first-order valence-corrected chi connectivity index (χ1v) is 13.9. The Morgan fingerprint density at radius 2 is 1.61 bits per heavy atom. The molecule has 0 bridgehead atoms. The number of carbonyl (C=O) groups excluding carboxylic acids is 2. The molecule has 0 spiro atoms. The van der Waals surface area contributed by atoms with Gasteiger partial charge in [-0.2, -0.15) is 0 Å². The topological polar surface area (TPSA) is 96.0 Å². The van der Waals surface area contributed by atoms with Crippen molar-refractivity contribution in [3.8, 4) is 5.75 Å². The monoisotopic (exact) mass is 557 g/mol. The minimum Gasteiger partial charge on any atom is -0.497 e. The molecule has 198 valence electrons. The predicted octanol–water partition coefficient (Wildman–Crippen LogP) is 4.49. The van der Waals surface area contributed by atoms with Crippen molar-refractivity contribution >= 4 is 50.7 Å². The predicted molar refractivity (Wildman–Crippen MR) is 144 cm³/mol. The lowest BCUT2D eigenvalue weighted by atomic mass is 10.1. The SMILES string of the molecule is CC[C@H](C(=O)NC(C)(C)C)N(Cc1c(Cl)cccc1Cl)C(=O)CN(c1ccc(OC)cc1)S(C)(=O)=O. The van der Waals surface area contributed by atoms with Crippen molar-refractivity contribution in [2.75, 3.05) is 24.2 Å². The number of hydrogen-bond donors (Lipinski definition) is 1. The lowest BCUT2D eigenvalue weighted by Crippen LogP contribution is -2.55. The van der Waals surface area contributed by atoms with Crippen molar-refractivity contribution in [2.45, 2.75) is 52.2 Å². The fourth-order valence-electron chi connectivity index (χ4n) is 3.59. The van der Waals surface area contributed by atoms with Crippen LogP contribution in [-0.4, -0.2) is 56.6 Å². The van der Waals surface area contributed by atoms with Gasteiger partial charge in [0.15, 0.2) is 0 Å². The van der Waals surface area contributed by atoms with Gasteiger partial charge >= 0.3 is 0 Å². The van der Waals surface area contributed by atoms with E-state index in [1.54, 1.807) is 49.4 Å². The Morgan fingerprint density at radius 3 is 2.06 bits per heavy atom. The summed E-state index contributed by atoms with van der Waals surface area (Å²) < 4.78 is 31.5. The van der Waals surface area contributed by atoms with Gasteiger partial charge < -0.3 is 15.0 Å². The number of carbonyl (C=O) groups is 2. The molecule has 0 aromatic heterocycles. The highest BCUT2D eigenvalue weighted by Crippen LogP contribution is 2.28. The second kappa shape index (κ2) is 12.2. The summed E-state index contributed by atoms with van der Waals surface area (Å²) in [6, 6.07) is 10.4. The van der Waals surface area contributed by atoms with Crippen LogP contribution in [0.2, 0.25) is 10.0 Å². The molecule has 0 saturated heterocycles. The Bertz CT molecular complexity index is 1160. The fraction of sp³-hybridized carbons (Fsp3) is 0.440. The smallest absolute Gasteiger partial charge is 0.244 e. The maximum atomic E-state index is 13.7. The molecule has 0 heterocycles. The number of methoxy groups -OCH3 is 1. The zero-order chi connectivity index (χ0) is 27.3. The minimum absolute atomic E-state index is 0.0758. The molecule has 0 fully saturated rings. The number of amides is 2. The van der Waals surface area contributed by atoms with Crippen LogP contribution >= 0.6 is 23.2 Å². The molecule has 2 aromatic rings. The highest BCUT2D eigenvalue weighted by atomic mass is 35.5. The van der Waals surface area contributed by atoms with Crippen molar-refractivity contribution in [3.63, 3.8) is 0 Å². The molecule has 0 radical (unpaired) electrons. The van der Waals surface area contributed by atoms with Gasteiger partial charge in [-0.05, 0) is 63.6 Å². The van der Waals surface area contributed by atoms with E-state index in [1.165, 1.54) is 12.0 Å². The molecule has 0 aliphatic carbocycles. The molecule has 11 heteroatoms. The van der Waals surface area contributed by atoms with Gasteiger partial charge in [-0.25, -0.2) is 8.42 Å². The second-order valence-electron chi connectivity index (χ2n) is 9.35. The molecule has 0 aliphatic rings. The van der Waals surface area contributed by atoms with E-state index in [2.05, 4.69) is 5.32 Å². The Balaban J connectivity index is 2.51. The first-order valence-electron chi connectivity index (χ1n) is 11.3. The Morgan fingerprint density at radius 1 is 1.06 bits per heavy atom. The zero-order valence-corrected chi connectivity index (χ0v) is 23.7. The van der Waals surface area contributed by atoms with E-state index in [-0.39, 0.29) is 24.6 Å². The number of nitrogens with zero attached hydrogens (tertiary/aromatic N) is 2.